The predicted octanol–water partition coefficient (Wildman–Crippen LogP) is 0.0308. The largest absolute Gasteiger partial charge is 0.332 e. The number of benzene rings is 1. The van der Waals surface area contributed by atoms with Gasteiger partial charge in [0.1, 0.15) is 11.3 Å². The summed E-state index contributed by atoms with van der Waals surface area (Å²) in [6.45, 7) is 0. The highest BCUT2D eigenvalue weighted by molar-refractivity contribution is 7.90. The van der Waals surface area contributed by atoms with Gasteiger partial charge in [-0.25, -0.2) is 18.2 Å². The molecule has 0 radical (unpaired) electrons. The van der Waals surface area contributed by atoms with Gasteiger partial charge in [-0.1, -0.05) is 12.1 Å². The molecule has 3 rings (SSSR count). The number of hydrogen-bond donors (Lipinski definition) is 1. The molecule has 0 saturated heterocycles. The van der Waals surface area contributed by atoms with Crippen molar-refractivity contribution in [2.45, 2.75) is 4.90 Å². The summed E-state index contributed by atoms with van der Waals surface area (Å²) < 4.78 is 26.0. The molecular weight excluding hydrogens is 320 g/mol. The Hall–Kier alpha value is -2.68. The molecular formula is C14H14N4O4S. The van der Waals surface area contributed by atoms with Gasteiger partial charge < -0.3 is 4.98 Å². The van der Waals surface area contributed by atoms with E-state index in [2.05, 4.69) is 9.97 Å². The van der Waals surface area contributed by atoms with Crippen molar-refractivity contribution in [3.63, 3.8) is 0 Å². The Bertz CT molecular complexity index is 1150. The van der Waals surface area contributed by atoms with Gasteiger partial charge in [0.25, 0.3) is 5.56 Å². The third kappa shape index (κ3) is 2.29. The smallest absolute Gasteiger partial charge is 0.332 e. The van der Waals surface area contributed by atoms with E-state index in [0.29, 0.717) is 5.56 Å². The monoisotopic (exact) mass is 334 g/mol. The number of H-pyrrole nitrogens is 1. The lowest BCUT2D eigenvalue weighted by molar-refractivity contribution is 0.602. The molecule has 23 heavy (non-hydrogen) atoms. The minimum atomic E-state index is -3.47. The summed E-state index contributed by atoms with van der Waals surface area (Å²) in [6.07, 6.45) is 1.10. The van der Waals surface area contributed by atoms with E-state index < -0.39 is 21.1 Å². The third-order valence-electron chi connectivity index (χ3n) is 3.64. The highest BCUT2D eigenvalue weighted by Gasteiger charge is 2.19. The first-order valence-electron chi connectivity index (χ1n) is 6.67. The standard InChI is InChI=1S/C14H14N4O4S/c1-17-12-10(13(19)18(2)14(17)20)15-11(16-12)8-6-4-5-7-9(8)23(3,21)22/h4-7H,1-3H3,(H,15,16). The highest BCUT2D eigenvalue weighted by atomic mass is 32.2. The molecule has 0 fully saturated rings. The molecule has 1 aromatic carbocycles. The lowest BCUT2D eigenvalue weighted by Gasteiger charge is -2.04. The molecule has 0 aliphatic carbocycles. The zero-order valence-corrected chi connectivity index (χ0v) is 13.5. The van der Waals surface area contributed by atoms with E-state index in [0.717, 1.165) is 10.8 Å². The first-order chi connectivity index (χ1) is 10.7. The van der Waals surface area contributed by atoms with Gasteiger partial charge in [-0.15, -0.1) is 0 Å². The summed E-state index contributed by atoms with van der Waals surface area (Å²) in [5.41, 5.74) is -0.347. The highest BCUT2D eigenvalue weighted by Crippen LogP contribution is 2.25. The zero-order valence-electron chi connectivity index (χ0n) is 12.7. The van der Waals surface area contributed by atoms with Crippen LogP contribution in [-0.2, 0) is 23.9 Å². The van der Waals surface area contributed by atoms with Crippen molar-refractivity contribution in [1.82, 2.24) is 19.1 Å². The second-order valence-corrected chi connectivity index (χ2v) is 7.24. The molecule has 9 heteroatoms. The van der Waals surface area contributed by atoms with Crippen LogP contribution in [0.2, 0.25) is 0 Å². The minimum Gasteiger partial charge on any atom is -0.332 e. The van der Waals surface area contributed by atoms with E-state index in [1.54, 1.807) is 18.2 Å². The van der Waals surface area contributed by atoms with E-state index in [-0.39, 0.29) is 21.9 Å². The molecule has 0 amide bonds. The molecule has 120 valence electrons. The molecule has 0 aliphatic rings. The Kier molecular flexibility index (Phi) is 3.25. The summed E-state index contributed by atoms with van der Waals surface area (Å²) >= 11 is 0. The van der Waals surface area contributed by atoms with Crippen LogP contribution in [0, 0.1) is 0 Å². The van der Waals surface area contributed by atoms with Gasteiger partial charge in [-0.2, -0.15) is 0 Å². The van der Waals surface area contributed by atoms with Crippen LogP contribution >= 0.6 is 0 Å². The number of hydrogen-bond acceptors (Lipinski definition) is 5. The quantitative estimate of drug-likeness (QED) is 0.711. The molecule has 0 atom stereocenters. The first-order valence-corrected chi connectivity index (χ1v) is 8.56. The fraction of sp³-hybridized carbons (Fsp3) is 0.214. The van der Waals surface area contributed by atoms with Crippen molar-refractivity contribution in [2.24, 2.45) is 14.1 Å². The average Bonchev–Trinajstić information content (AvgIpc) is 2.95. The SMILES string of the molecule is Cn1c(=O)c2[nH]c(-c3ccccc3S(C)(=O)=O)nc2n(C)c1=O. The minimum absolute atomic E-state index is 0.0980. The van der Waals surface area contributed by atoms with Crippen molar-refractivity contribution in [1.29, 1.82) is 0 Å². The number of rotatable bonds is 2. The predicted molar refractivity (Wildman–Crippen MR) is 85.1 cm³/mol. The second kappa shape index (κ2) is 4.92. The Balaban J connectivity index is 2.42. The van der Waals surface area contributed by atoms with Crippen LogP contribution in [0.5, 0.6) is 0 Å². The Labute approximate surface area is 131 Å². The van der Waals surface area contributed by atoms with E-state index >= 15 is 0 Å². The average molecular weight is 334 g/mol. The van der Waals surface area contributed by atoms with Gasteiger partial charge >= 0.3 is 5.69 Å². The van der Waals surface area contributed by atoms with Gasteiger partial charge in [0.15, 0.2) is 15.5 Å². The van der Waals surface area contributed by atoms with E-state index in [1.807, 2.05) is 0 Å². The van der Waals surface area contributed by atoms with E-state index in [4.69, 9.17) is 0 Å². The first kappa shape index (κ1) is 15.2. The van der Waals surface area contributed by atoms with Crippen LogP contribution in [0.1, 0.15) is 0 Å². The normalized spacial score (nSPS) is 12.0. The maximum absolute atomic E-state index is 12.2. The van der Waals surface area contributed by atoms with Gasteiger partial charge in [0.05, 0.1) is 4.90 Å². The van der Waals surface area contributed by atoms with E-state index in [1.165, 1.54) is 24.7 Å². The van der Waals surface area contributed by atoms with Crippen LogP contribution in [0.25, 0.3) is 22.6 Å². The molecule has 1 N–H and O–H groups in total. The summed E-state index contributed by atoms with van der Waals surface area (Å²) in [4.78, 5) is 31.3. The molecule has 0 bridgehead atoms. The number of imidazole rings is 1. The fourth-order valence-electron chi connectivity index (χ4n) is 2.44. The Morgan fingerprint density at radius 2 is 1.74 bits per heavy atom. The van der Waals surface area contributed by atoms with Crippen LogP contribution in [0.3, 0.4) is 0 Å². The lowest BCUT2D eigenvalue weighted by atomic mass is 10.2. The van der Waals surface area contributed by atoms with Crippen molar-refractivity contribution < 1.29 is 8.42 Å². The maximum atomic E-state index is 12.2. The molecule has 0 saturated carbocycles. The molecule has 8 nitrogen and oxygen atoms in total. The van der Waals surface area contributed by atoms with Crippen LogP contribution in [0.15, 0.2) is 38.8 Å². The molecule has 2 aromatic heterocycles. The van der Waals surface area contributed by atoms with Gasteiger partial charge in [-0.3, -0.25) is 13.9 Å². The van der Waals surface area contributed by atoms with Crippen molar-refractivity contribution in [3.8, 4) is 11.4 Å². The van der Waals surface area contributed by atoms with Crippen molar-refractivity contribution in [2.75, 3.05) is 6.26 Å². The van der Waals surface area contributed by atoms with Gasteiger partial charge in [0, 0.05) is 25.9 Å². The number of nitrogens with one attached hydrogen (secondary N) is 1. The molecule has 0 aliphatic heterocycles. The molecule has 0 unspecified atom stereocenters. The van der Waals surface area contributed by atoms with Crippen molar-refractivity contribution in [3.05, 3.63) is 45.1 Å². The van der Waals surface area contributed by atoms with Crippen LogP contribution in [-0.4, -0.2) is 33.8 Å². The molecule has 2 heterocycles. The van der Waals surface area contributed by atoms with Gasteiger partial charge in [-0.05, 0) is 12.1 Å². The van der Waals surface area contributed by atoms with Gasteiger partial charge in [0.2, 0.25) is 0 Å². The van der Waals surface area contributed by atoms with E-state index in [9.17, 15) is 18.0 Å². The Morgan fingerprint density at radius 3 is 2.39 bits per heavy atom. The number of fused-ring (bicyclic) bond motifs is 1. The van der Waals surface area contributed by atoms with Crippen LogP contribution < -0.4 is 11.2 Å². The summed E-state index contributed by atoms with van der Waals surface area (Å²) in [7, 11) is -0.600. The van der Waals surface area contributed by atoms with Crippen LogP contribution in [0.4, 0.5) is 0 Å². The maximum Gasteiger partial charge on any atom is 0.332 e. The zero-order chi connectivity index (χ0) is 16.9. The van der Waals surface area contributed by atoms with Crippen molar-refractivity contribution >= 4 is 21.0 Å². The fourth-order valence-corrected chi connectivity index (χ4v) is 3.33. The summed E-state index contributed by atoms with van der Waals surface area (Å²) in [5, 5.41) is 0. The summed E-state index contributed by atoms with van der Waals surface area (Å²) in [6, 6.07) is 6.34. The second-order valence-electron chi connectivity index (χ2n) is 5.26. The summed E-state index contributed by atoms with van der Waals surface area (Å²) in [5.74, 6) is 0.222. The number of sulfone groups is 1. The Morgan fingerprint density at radius 1 is 1.09 bits per heavy atom. The molecule has 3 aromatic rings. The molecule has 0 spiro atoms. The topological polar surface area (TPSA) is 107 Å². The number of aromatic amines is 1. The third-order valence-corrected chi connectivity index (χ3v) is 4.79. The number of nitrogens with zero attached hydrogens (tertiary/aromatic N) is 3. The number of aromatic nitrogens is 4. The number of aryl methyl sites for hydroxylation is 1. The lowest BCUT2D eigenvalue weighted by Crippen LogP contribution is -2.36.